The molecule has 1 aliphatic heterocycles. The van der Waals surface area contributed by atoms with Gasteiger partial charge in [0.2, 0.25) is 5.91 Å². The summed E-state index contributed by atoms with van der Waals surface area (Å²) in [7, 11) is 0. The molecule has 0 fully saturated rings. The molecular weight excluding hydrogens is 487 g/mol. The number of hydrogen-bond acceptors (Lipinski definition) is 6. The smallest absolute Gasteiger partial charge is 0.406 e. The van der Waals surface area contributed by atoms with Gasteiger partial charge in [-0.05, 0) is 29.8 Å². The Balaban J connectivity index is 1.47. The summed E-state index contributed by atoms with van der Waals surface area (Å²) >= 11 is 2.66. The number of halogens is 3. The first-order valence-electron chi connectivity index (χ1n) is 10.3. The zero-order chi connectivity index (χ0) is 24.3. The monoisotopic (exact) mass is 507 g/mol. The Morgan fingerprint density at radius 3 is 2.59 bits per heavy atom. The molecule has 11 heteroatoms. The van der Waals surface area contributed by atoms with Crippen molar-refractivity contribution >= 4 is 35.1 Å². The summed E-state index contributed by atoms with van der Waals surface area (Å²) in [4.78, 5) is 31.0. The number of carbonyl (C=O) groups is 1. The van der Waals surface area contributed by atoms with Gasteiger partial charge in [-0.15, -0.1) is 24.9 Å². The lowest BCUT2D eigenvalue weighted by Gasteiger charge is -2.14. The van der Waals surface area contributed by atoms with Crippen molar-refractivity contribution in [3.63, 3.8) is 0 Å². The third-order valence-electron chi connectivity index (χ3n) is 4.85. The number of ether oxygens (including phenoxy) is 1. The molecule has 34 heavy (non-hydrogen) atoms. The lowest BCUT2D eigenvalue weighted by molar-refractivity contribution is -0.274. The van der Waals surface area contributed by atoms with Gasteiger partial charge < -0.3 is 10.1 Å². The Bertz CT molecular complexity index is 1230. The van der Waals surface area contributed by atoms with E-state index in [1.54, 1.807) is 4.57 Å². The van der Waals surface area contributed by atoms with Gasteiger partial charge in [-0.2, -0.15) is 0 Å². The Labute approximate surface area is 201 Å². The van der Waals surface area contributed by atoms with Crippen LogP contribution < -0.4 is 15.6 Å². The number of fused-ring (bicyclic) bond motifs is 1. The van der Waals surface area contributed by atoms with Crippen LogP contribution in [0.15, 0.2) is 69.4 Å². The summed E-state index contributed by atoms with van der Waals surface area (Å²) in [5, 5.41) is 3.34. The van der Waals surface area contributed by atoms with E-state index in [1.165, 1.54) is 23.9 Å². The minimum Gasteiger partial charge on any atom is -0.406 e. The summed E-state index contributed by atoms with van der Waals surface area (Å²) < 4.78 is 42.3. The zero-order valence-corrected chi connectivity index (χ0v) is 19.6. The molecular formula is C23H20F3N3O3S2. The van der Waals surface area contributed by atoms with Gasteiger partial charge in [-0.25, -0.2) is 4.98 Å². The summed E-state index contributed by atoms with van der Waals surface area (Å²) in [5.41, 5.74) is 1.89. The lowest BCUT2D eigenvalue weighted by Crippen LogP contribution is -2.26. The quantitative estimate of drug-likeness (QED) is 0.360. The maximum atomic E-state index is 13.2. The highest BCUT2D eigenvalue weighted by molar-refractivity contribution is 8.00. The van der Waals surface area contributed by atoms with Gasteiger partial charge in [-0.1, -0.05) is 49.0 Å². The average Bonchev–Trinajstić information content (AvgIpc) is 3.16. The SMILES string of the molecule is C[C@@H]1Cc2nc(SCC(=O)Nc3ccc(OC(F)(F)F)cc3)n(Cc3ccccc3)c(=O)c2S1. The number of alkyl halides is 3. The fraction of sp³-hybridized carbons (Fsp3) is 0.261. The first-order valence-corrected chi connectivity index (χ1v) is 12.2. The number of amides is 1. The van der Waals surface area contributed by atoms with E-state index in [1.807, 2.05) is 37.3 Å². The molecule has 2 heterocycles. The second-order valence-corrected chi connectivity index (χ2v) is 9.98. The molecule has 1 aromatic heterocycles. The topological polar surface area (TPSA) is 73.2 Å². The van der Waals surface area contributed by atoms with E-state index in [-0.39, 0.29) is 28.2 Å². The van der Waals surface area contributed by atoms with E-state index in [4.69, 9.17) is 0 Å². The van der Waals surface area contributed by atoms with Gasteiger partial charge >= 0.3 is 6.36 Å². The molecule has 178 valence electrons. The highest BCUT2D eigenvalue weighted by Gasteiger charge is 2.31. The average molecular weight is 508 g/mol. The van der Waals surface area contributed by atoms with Crippen molar-refractivity contribution in [3.05, 3.63) is 76.2 Å². The van der Waals surface area contributed by atoms with Crippen LogP contribution in [0, 0.1) is 0 Å². The van der Waals surface area contributed by atoms with Crippen LogP contribution in [0.2, 0.25) is 0 Å². The molecule has 4 rings (SSSR count). The first kappa shape index (κ1) is 24.2. The second kappa shape index (κ2) is 10.1. The highest BCUT2D eigenvalue weighted by atomic mass is 32.2. The van der Waals surface area contributed by atoms with Crippen molar-refractivity contribution in [1.29, 1.82) is 0 Å². The summed E-state index contributed by atoms with van der Waals surface area (Å²) in [5.74, 6) is -0.777. The molecule has 0 unspecified atom stereocenters. The third-order valence-corrected chi connectivity index (χ3v) is 7.04. The van der Waals surface area contributed by atoms with Crippen LogP contribution in [-0.2, 0) is 17.8 Å². The maximum Gasteiger partial charge on any atom is 0.573 e. The minimum atomic E-state index is -4.78. The van der Waals surface area contributed by atoms with E-state index < -0.39 is 6.36 Å². The van der Waals surface area contributed by atoms with Gasteiger partial charge in [0.1, 0.15) is 5.75 Å². The molecule has 2 aromatic carbocycles. The van der Waals surface area contributed by atoms with Crippen LogP contribution in [0.4, 0.5) is 18.9 Å². The molecule has 1 amide bonds. The molecule has 6 nitrogen and oxygen atoms in total. The van der Waals surface area contributed by atoms with E-state index in [0.717, 1.165) is 35.2 Å². The summed E-state index contributed by atoms with van der Waals surface area (Å²) in [6, 6.07) is 14.4. The molecule has 0 bridgehead atoms. The Morgan fingerprint density at radius 1 is 1.21 bits per heavy atom. The number of benzene rings is 2. The summed E-state index contributed by atoms with van der Waals surface area (Å²) in [6.45, 7) is 2.37. The number of hydrogen-bond donors (Lipinski definition) is 1. The third kappa shape index (κ3) is 6.15. The molecule has 1 aliphatic rings. The van der Waals surface area contributed by atoms with Crippen LogP contribution in [0.25, 0.3) is 0 Å². The van der Waals surface area contributed by atoms with Gasteiger partial charge in [0.25, 0.3) is 5.56 Å². The van der Waals surface area contributed by atoms with Gasteiger partial charge in [-0.3, -0.25) is 14.2 Å². The molecule has 0 aliphatic carbocycles. The van der Waals surface area contributed by atoms with Crippen LogP contribution in [0.3, 0.4) is 0 Å². The normalized spacial score (nSPS) is 15.1. The Morgan fingerprint density at radius 2 is 1.91 bits per heavy atom. The molecule has 0 saturated carbocycles. The van der Waals surface area contributed by atoms with Crippen molar-refractivity contribution in [2.24, 2.45) is 0 Å². The highest BCUT2D eigenvalue weighted by Crippen LogP contribution is 2.34. The van der Waals surface area contributed by atoms with Crippen molar-refractivity contribution in [3.8, 4) is 5.75 Å². The van der Waals surface area contributed by atoms with E-state index in [9.17, 15) is 22.8 Å². The number of nitrogens with one attached hydrogen (secondary N) is 1. The van der Waals surface area contributed by atoms with E-state index in [0.29, 0.717) is 28.7 Å². The van der Waals surface area contributed by atoms with Crippen LogP contribution in [0.1, 0.15) is 18.2 Å². The number of carbonyl (C=O) groups excluding carboxylic acids is 1. The Hall–Kier alpha value is -2.92. The molecule has 3 aromatic rings. The molecule has 0 radical (unpaired) electrons. The standard InChI is InChI=1S/C23H20F3N3O3S2/c1-14-11-18-20(34-14)21(31)29(12-15-5-3-2-4-6-15)22(28-18)33-13-19(30)27-16-7-9-17(10-8-16)32-23(24,25)26/h2-10,14H,11-13H2,1H3,(H,27,30)/t14-/m1/s1. The van der Waals surface area contributed by atoms with Crippen molar-refractivity contribution in [2.45, 2.75) is 41.6 Å². The molecule has 0 saturated heterocycles. The predicted molar refractivity (Wildman–Crippen MR) is 126 cm³/mol. The lowest BCUT2D eigenvalue weighted by atomic mass is 10.2. The van der Waals surface area contributed by atoms with Crippen LogP contribution >= 0.6 is 23.5 Å². The van der Waals surface area contributed by atoms with Crippen molar-refractivity contribution in [2.75, 3.05) is 11.1 Å². The molecule has 1 N–H and O–H groups in total. The summed E-state index contributed by atoms with van der Waals surface area (Å²) in [6.07, 6.45) is -4.09. The van der Waals surface area contributed by atoms with Gasteiger partial charge in [0, 0.05) is 17.4 Å². The van der Waals surface area contributed by atoms with Crippen molar-refractivity contribution < 1.29 is 22.7 Å². The largest absolute Gasteiger partial charge is 0.573 e. The fourth-order valence-corrected chi connectivity index (χ4v) is 5.34. The second-order valence-electron chi connectivity index (χ2n) is 7.59. The number of nitrogens with zero attached hydrogens (tertiary/aromatic N) is 2. The van der Waals surface area contributed by atoms with Crippen LogP contribution in [0.5, 0.6) is 5.75 Å². The first-order chi connectivity index (χ1) is 16.2. The van der Waals surface area contributed by atoms with Gasteiger partial charge in [0.05, 0.1) is 22.9 Å². The van der Waals surface area contributed by atoms with Crippen LogP contribution in [-0.4, -0.2) is 32.8 Å². The fourth-order valence-electron chi connectivity index (χ4n) is 3.41. The number of rotatable bonds is 7. The van der Waals surface area contributed by atoms with E-state index >= 15 is 0 Å². The van der Waals surface area contributed by atoms with Crippen molar-refractivity contribution in [1.82, 2.24) is 9.55 Å². The maximum absolute atomic E-state index is 13.2. The van der Waals surface area contributed by atoms with E-state index in [2.05, 4.69) is 15.0 Å². The molecule has 1 atom stereocenters. The molecule has 0 spiro atoms. The van der Waals surface area contributed by atoms with Gasteiger partial charge in [0.15, 0.2) is 5.16 Å². The number of anilines is 1. The zero-order valence-electron chi connectivity index (χ0n) is 18.0. The number of aromatic nitrogens is 2. The number of thioether (sulfide) groups is 2. The predicted octanol–water partition coefficient (Wildman–Crippen LogP) is 4.96. The minimum absolute atomic E-state index is 0.0243. The Kier molecular flexibility index (Phi) is 7.22.